The Labute approximate surface area is 179 Å². The van der Waals surface area contributed by atoms with Gasteiger partial charge in [0.25, 0.3) is 0 Å². The monoisotopic (exact) mass is 403 g/mol. The first-order chi connectivity index (χ1) is 14.4. The summed E-state index contributed by atoms with van der Waals surface area (Å²) in [6, 6.07) is 22.0. The minimum Gasteiger partial charge on any atom is -0.494 e. The van der Waals surface area contributed by atoms with Gasteiger partial charge >= 0.3 is 0 Å². The molecule has 3 aromatic carbocycles. The van der Waals surface area contributed by atoms with E-state index in [4.69, 9.17) is 14.2 Å². The lowest BCUT2D eigenvalue weighted by Gasteiger charge is -2.20. The van der Waals surface area contributed by atoms with Gasteiger partial charge in [0, 0.05) is 6.21 Å². The fourth-order valence-electron chi connectivity index (χ4n) is 3.02. The number of ether oxygens (including phenoxy) is 3. The fourth-order valence-corrected chi connectivity index (χ4v) is 3.02. The van der Waals surface area contributed by atoms with Crippen LogP contribution in [-0.4, -0.2) is 20.4 Å². The van der Waals surface area contributed by atoms with Crippen LogP contribution in [0, 0.1) is 0 Å². The largest absolute Gasteiger partial charge is 0.494 e. The van der Waals surface area contributed by atoms with Gasteiger partial charge in [-0.05, 0) is 52.4 Å². The lowest BCUT2D eigenvalue weighted by molar-refractivity contribution is 0.284. The van der Waals surface area contributed by atoms with Crippen molar-refractivity contribution in [2.45, 2.75) is 32.8 Å². The highest BCUT2D eigenvalue weighted by atomic mass is 16.5. The van der Waals surface area contributed by atoms with Crippen molar-refractivity contribution < 1.29 is 14.2 Å². The van der Waals surface area contributed by atoms with Gasteiger partial charge in [-0.25, -0.2) is 0 Å². The molecular formula is C26H29NO3. The van der Waals surface area contributed by atoms with E-state index in [2.05, 4.69) is 37.9 Å². The van der Waals surface area contributed by atoms with E-state index in [1.807, 2.05) is 60.8 Å². The zero-order valence-corrected chi connectivity index (χ0v) is 18.3. The van der Waals surface area contributed by atoms with E-state index in [0.717, 1.165) is 22.6 Å². The molecule has 0 heterocycles. The second-order valence-corrected chi connectivity index (χ2v) is 8.08. The molecule has 0 fully saturated rings. The Morgan fingerprint density at radius 2 is 1.50 bits per heavy atom. The molecule has 0 N–H and O–H groups in total. The summed E-state index contributed by atoms with van der Waals surface area (Å²) in [4.78, 5) is 4.67. The first-order valence-electron chi connectivity index (χ1n) is 9.98. The number of aliphatic imine (C=N–C) groups is 1. The molecule has 0 radical (unpaired) electrons. The molecule has 3 aromatic rings. The van der Waals surface area contributed by atoms with E-state index in [-0.39, 0.29) is 5.41 Å². The molecule has 156 valence electrons. The van der Waals surface area contributed by atoms with E-state index in [1.54, 1.807) is 14.2 Å². The number of benzene rings is 3. The number of nitrogens with zero attached hydrogens (tertiary/aromatic N) is 1. The van der Waals surface area contributed by atoms with Crippen molar-refractivity contribution in [2.75, 3.05) is 14.2 Å². The Morgan fingerprint density at radius 3 is 2.17 bits per heavy atom. The van der Waals surface area contributed by atoms with Crippen LogP contribution in [-0.2, 0) is 12.0 Å². The van der Waals surface area contributed by atoms with Gasteiger partial charge in [0.15, 0.2) is 11.5 Å². The van der Waals surface area contributed by atoms with Crippen LogP contribution < -0.4 is 14.2 Å². The third-order valence-corrected chi connectivity index (χ3v) is 4.82. The second-order valence-electron chi connectivity index (χ2n) is 8.08. The van der Waals surface area contributed by atoms with Crippen molar-refractivity contribution in [1.29, 1.82) is 0 Å². The van der Waals surface area contributed by atoms with Gasteiger partial charge in [-0.2, -0.15) is 0 Å². The topological polar surface area (TPSA) is 40.0 Å². The minimum absolute atomic E-state index is 0.0392. The van der Waals surface area contributed by atoms with Crippen molar-refractivity contribution in [3.8, 4) is 17.2 Å². The van der Waals surface area contributed by atoms with Crippen LogP contribution in [0.4, 0.5) is 5.69 Å². The Bertz CT molecular complexity index is 1000. The average molecular weight is 404 g/mol. The number of hydrogen-bond donors (Lipinski definition) is 0. The van der Waals surface area contributed by atoms with Crippen LogP contribution >= 0.6 is 0 Å². The quantitative estimate of drug-likeness (QED) is 0.433. The highest BCUT2D eigenvalue weighted by Crippen LogP contribution is 2.34. The van der Waals surface area contributed by atoms with Gasteiger partial charge in [-0.1, -0.05) is 57.2 Å². The smallest absolute Gasteiger partial charge is 0.161 e. The third kappa shape index (κ3) is 5.41. The summed E-state index contributed by atoms with van der Waals surface area (Å²) in [7, 11) is 3.30. The number of methoxy groups -OCH3 is 2. The van der Waals surface area contributed by atoms with Gasteiger partial charge in [-0.3, -0.25) is 4.99 Å². The Morgan fingerprint density at radius 1 is 0.800 bits per heavy atom. The molecule has 0 aromatic heterocycles. The Hall–Kier alpha value is -3.27. The summed E-state index contributed by atoms with van der Waals surface area (Å²) < 4.78 is 16.9. The van der Waals surface area contributed by atoms with E-state index in [9.17, 15) is 0 Å². The lowest BCUT2D eigenvalue weighted by Crippen LogP contribution is -2.10. The maximum Gasteiger partial charge on any atom is 0.161 e. The fraction of sp³-hybridized carbons (Fsp3) is 0.269. The van der Waals surface area contributed by atoms with Crippen molar-refractivity contribution in [1.82, 2.24) is 0 Å². The third-order valence-electron chi connectivity index (χ3n) is 4.82. The minimum atomic E-state index is 0.0392. The molecular weight excluding hydrogens is 374 g/mol. The molecule has 4 nitrogen and oxygen atoms in total. The average Bonchev–Trinajstić information content (AvgIpc) is 2.76. The van der Waals surface area contributed by atoms with Gasteiger partial charge in [0.2, 0.25) is 0 Å². The van der Waals surface area contributed by atoms with Crippen molar-refractivity contribution >= 4 is 11.9 Å². The van der Waals surface area contributed by atoms with Gasteiger partial charge in [-0.15, -0.1) is 0 Å². The number of hydrogen-bond acceptors (Lipinski definition) is 4. The zero-order valence-electron chi connectivity index (χ0n) is 18.3. The van der Waals surface area contributed by atoms with Crippen LogP contribution in [0.15, 0.2) is 71.7 Å². The first-order valence-corrected chi connectivity index (χ1v) is 9.98. The highest BCUT2D eigenvalue weighted by molar-refractivity contribution is 5.84. The van der Waals surface area contributed by atoms with E-state index >= 15 is 0 Å². The second kappa shape index (κ2) is 9.49. The molecule has 0 saturated carbocycles. The molecule has 0 saturated heterocycles. The molecule has 0 bridgehead atoms. The molecule has 4 heteroatoms. The molecule has 0 amide bonds. The summed E-state index contributed by atoms with van der Waals surface area (Å²) in [6.45, 7) is 7.03. The zero-order chi connectivity index (χ0) is 21.6. The van der Waals surface area contributed by atoms with Crippen LogP contribution in [0.3, 0.4) is 0 Å². The highest BCUT2D eigenvalue weighted by Gasteiger charge is 2.15. The first kappa shape index (κ1) is 21.4. The molecule has 0 unspecified atom stereocenters. The van der Waals surface area contributed by atoms with Crippen LogP contribution in [0.1, 0.15) is 37.5 Å². The standard InChI is InChI=1S/C26H29NO3/c1-26(2,3)21-12-14-23(28-4)22(16-21)27-17-20-11-13-24(25(15-20)29-5)30-18-19-9-7-6-8-10-19/h6-17H,18H2,1-5H3. The Kier molecular flexibility index (Phi) is 6.78. The van der Waals surface area contributed by atoms with Gasteiger partial charge < -0.3 is 14.2 Å². The van der Waals surface area contributed by atoms with Gasteiger partial charge in [0.05, 0.1) is 14.2 Å². The molecule has 3 rings (SSSR count). The predicted octanol–water partition coefficient (Wildman–Crippen LogP) is 6.33. The predicted molar refractivity (Wildman–Crippen MR) is 123 cm³/mol. The maximum atomic E-state index is 5.93. The lowest BCUT2D eigenvalue weighted by atomic mass is 9.87. The molecule has 0 spiro atoms. The van der Waals surface area contributed by atoms with Gasteiger partial charge in [0.1, 0.15) is 18.0 Å². The molecule has 30 heavy (non-hydrogen) atoms. The summed E-state index contributed by atoms with van der Waals surface area (Å²) >= 11 is 0. The summed E-state index contributed by atoms with van der Waals surface area (Å²) in [5.74, 6) is 2.12. The van der Waals surface area contributed by atoms with E-state index < -0.39 is 0 Å². The summed E-state index contributed by atoms with van der Waals surface area (Å²) in [5, 5.41) is 0. The summed E-state index contributed by atoms with van der Waals surface area (Å²) in [5.41, 5.74) is 4.07. The van der Waals surface area contributed by atoms with Crippen molar-refractivity contribution in [2.24, 2.45) is 4.99 Å². The normalized spacial score (nSPS) is 11.5. The van der Waals surface area contributed by atoms with E-state index in [1.165, 1.54) is 5.56 Å². The maximum absolute atomic E-state index is 5.93. The number of rotatable bonds is 7. The van der Waals surface area contributed by atoms with Crippen molar-refractivity contribution in [3.05, 3.63) is 83.4 Å². The van der Waals surface area contributed by atoms with Crippen LogP contribution in [0.2, 0.25) is 0 Å². The molecule has 0 atom stereocenters. The molecule has 0 aliphatic carbocycles. The van der Waals surface area contributed by atoms with E-state index in [0.29, 0.717) is 18.1 Å². The van der Waals surface area contributed by atoms with Crippen LogP contribution in [0.5, 0.6) is 17.2 Å². The molecule has 0 aliphatic heterocycles. The Balaban J connectivity index is 1.81. The summed E-state index contributed by atoms with van der Waals surface area (Å²) in [6.07, 6.45) is 1.81. The van der Waals surface area contributed by atoms with Crippen molar-refractivity contribution in [3.63, 3.8) is 0 Å². The molecule has 0 aliphatic rings. The SMILES string of the molecule is COc1ccc(C(C)(C)C)cc1N=Cc1ccc(OCc2ccccc2)c(OC)c1. The van der Waals surface area contributed by atoms with Crippen LogP contribution in [0.25, 0.3) is 0 Å².